The van der Waals surface area contributed by atoms with Crippen molar-refractivity contribution in [2.75, 3.05) is 25.7 Å². The van der Waals surface area contributed by atoms with E-state index in [1.807, 2.05) is 30.5 Å². The van der Waals surface area contributed by atoms with Crippen LogP contribution >= 0.6 is 11.8 Å². The zero-order chi connectivity index (χ0) is 13.0. The minimum Gasteiger partial charge on any atom is -0.496 e. The van der Waals surface area contributed by atoms with Crippen LogP contribution in [0.1, 0.15) is 17.9 Å². The van der Waals surface area contributed by atoms with Gasteiger partial charge in [-0.3, -0.25) is 4.79 Å². The van der Waals surface area contributed by atoms with Crippen LogP contribution in [0.4, 0.5) is 0 Å². The van der Waals surface area contributed by atoms with Gasteiger partial charge in [-0.05, 0) is 24.3 Å². The zero-order valence-electron chi connectivity index (χ0n) is 10.7. The minimum absolute atomic E-state index is 0.0168. The number of carbonyl (C=O) groups is 1. The number of benzene rings is 1. The largest absolute Gasteiger partial charge is 0.496 e. The molecule has 98 valence electrons. The molecule has 1 aromatic rings. The van der Waals surface area contributed by atoms with Crippen molar-refractivity contribution < 1.29 is 14.3 Å². The smallest absolute Gasteiger partial charge is 0.309 e. The number of esters is 1. The molecule has 2 unspecified atom stereocenters. The van der Waals surface area contributed by atoms with Crippen molar-refractivity contribution in [1.82, 2.24) is 0 Å². The molecule has 0 spiro atoms. The van der Waals surface area contributed by atoms with Crippen molar-refractivity contribution in [3.8, 4) is 5.75 Å². The van der Waals surface area contributed by atoms with Crippen LogP contribution in [0, 0.1) is 5.92 Å². The average Bonchev–Trinajstić information content (AvgIpc) is 3.19. The molecule has 2 atom stereocenters. The number of para-hydroxylation sites is 1. The lowest BCUT2D eigenvalue weighted by molar-refractivity contribution is -0.144. The number of thioether (sulfide) groups is 1. The minimum atomic E-state index is -0.0695. The summed E-state index contributed by atoms with van der Waals surface area (Å²) in [7, 11) is 1.66. The average molecular weight is 266 g/mol. The van der Waals surface area contributed by atoms with Crippen molar-refractivity contribution in [2.45, 2.75) is 12.3 Å². The standard InChI is InChI=1S/C14H18O3S/c1-16-13-6-4-3-5-10(13)11-9-12(11)14(15)17-7-8-18-2/h3-6,11-12H,7-9H2,1-2H3. The summed E-state index contributed by atoms with van der Waals surface area (Å²) < 4.78 is 10.5. The SMILES string of the molecule is COc1ccccc1C1CC1C(=O)OCCSC. The molecule has 0 aromatic heterocycles. The normalized spacial score (nSPS) is 21.4. The predicted molar refractivity (Wildman–Crippen MR) is 73.2 cm³/mol. The second-order valence-corrected chi connectivity index (χ2v) is 5.34. The van der Waals surface area contributed by atoms with Crippen LogP contribution < -0.4 is 4.74 Å². The van der Waals surface area contributed by atoms with E-state index >= 15 is 0 Å². The second-order valence-electron chi connectivity index (χ2n) is 4.35. The third kappa shape index (κ3) is 2.99. The molecule has 1 fully saturated rings. The number of ether oxygens (including phenoxy) is 2. The van der Waals surface area contributed by atoms with E-state index in [-0.39, 0.29) is 17.8 Å². The third-order valence-corrected chi connectivity index (χ3v) is 3.74. The van der Waals surface area contributed by atoms with Gasteiger partial charge in [-0.15, -0.1) is 0 Å². The van der Waals surface area contributed by atoms with E-state index in [1.54, 1.807) is 18.9 Å². The summed E-state index contributed by atoms with van der Waals surface area (Å²) in [4.78, 5) is 11.8. The molecule has 4 heteroatoms. The highest BCUT2D eigenvalue weighted by molar-refractivity contribution is 7.98. The number of carbonyl (C=O) groups excluding carboxylic acids is 1. The van der Waals surface area contributed by atoms with Gasteiger partial charge in [0.25, 0.3) is 0 Å². The van der Waals surface area contributed by atoms with Gasteiger partial charge in [-0.25, -0.2) is 0 Å². The summed E-state index contributed by atoms with van der Waals surface area (Å²) in [5.41, 5.74) is 1.12. The first-order valence-corrected chi connectivity index (χ1v) is 7.45. The Kier molecular flexibility index (Phi) is 4.53. The Balaban J connectivity index is 1.92. The fourth-order valence-corrected chi connectivity index (χ4v) is 2.35. The van der Waals surface area contributed by atoms with Gasteiger partial charge in [0, 0.05) is 11.7 Å². The van der Waals surface area contributed by atoms with Crippen molar-refractivity contribution in [3.05, 3.63) is 29.8 Å². The quantitative estimate of drug-likeness (QED) is 0.586. The van der Waals surface area contributed by atoms with Crippen LogP contribution in [0.5, 0.6) is 5.75 Å². The number of methoxy groups -OCH3 is 1. The molecule has 1 aliphatic rings. The molecule has 2 rings (SSSR count). The number of hydrogen-bond donors (Lipinski definition) is 0. The van der Waals surface area contributed by atoms with Crippen LogP contribution in [-0.2, 0) is 9.53 Å². The van der Waals surface area contributed by atoms with Crippen LogP contribution in [-0.4, -0.2) is 31.7 Å². The van der Waals surface area contributed by atoms with Gasteiger partial charge >= 0.3 is 5.97 Å². The van der Waals surface area contributed by atoms with Gasteiger partial charge in [0.1, 0.15) is 12.4 Å². The lowest BCUT2D eigenvalue weighted by Gasteiger charge is -2.07. The van der Waals surface area contributed by atoms with Crippen LogP contribution in [0.15, 0.2) is 24.3 Å². The molecule has 1 saturated carbocycles. The summed E-state index contributed by atoms with van der Waals surface area (Å²) in [6.45, 7) is 0.509. The topological polar surface area (TPSA) is 35.5 Å². The molecule has 0 saturated heterocycles. The van der Waals surface area contributed by atoms with E-state index in [0.29, 0.717) is 6.61 Å². The highest BCUT2D eigenvalue weighted by Crippen LogP contribution is 2.50. The van der Waals surface area contributed by atoms with Gasteiger partial charge in [0.05, 0.1) is 13.0 Å². The maximum absolute atomic E-state index is 11.8. The monoisotopic (exact) mass is 266 g/mol. The van der Waals surface area contributed by atoms with Gasteiger partial charge in [0.15, 0.2) is 0 Å². The zero-order valence-corrected chi connectivity index (χ0v) is 11.5. The Hall–Kier alpha value is -1.16. The molecule has 1 aliphatic carbocycles. The molecule has 0 aliphatic heterocycles. The molecule has 0 heterocycles. The second kappa shape index (κ2) is 6.14. The Morgan fingerprint density at radius 1 is 1.44 bits per heavy atom. The molecular weight excluding hydrogens is 248 g/mol. The molecule has 3 nitrogen and oxygen atoms in total. The lowest BCUT2D eigenvalue weighted by atomic mass is 10.1. The van der Waals surface area contributed by atoms with Gasteiger partial charge in [0.2, 0.25) is 0 Å². The van der Waals surface area contributed by atoms with E-state index in [4.69, 9.17) is 9.47 Å². The van der Waals surface area contributed by atoms with Crippen molar-refractivity contribution in [2.24, 2.45) is 5.92 Å². The summed E-state index contributed by atoms with van der Waals surface area (Å²) in [6, 6.07) is 7.88. The van der Waals surface area contributed by atoms with Gasteiger partial charge in [-0.2, -0.15) is 11.8 Å². The molecule has 0 radical (unpaired) electrons. The van der Waals surface area contributed by atoms with Crippen molar-refractivity contribution >= 4 is 17.7 Å². The highest BCUT2D eigenvalue weighted by atomic mass is 32.2. The molecule has 0 bridgehead atoms. The summed E-state index contributed by atoms with van der Waals surface area (Å²) in [5, 5.41) is 0. The predicted octanol–water partition coefficient (Wildman–Crippen LogP) is 2.70. The molecular formula is C14H18O3S. The maximum Gasteiger partial charge on any atom is 0.309 e. The first kappa shape index (κ1) is 13.3. The van der Waals surface area contributed by atoms with E-state index < -0.39 is 0 Å². The number of hydrogen-bond acceptors (Lipinski definition) is 4. The van der Waals surface area contributed by atoms with E-state index in [2.05, 4.69) is 0 Å². The number of rotatable bonds is 6. The summed E-state index contributed by atoms with van der Waals surface area (Å²) in [6.07, 6.45) is 2.88. The van der Waals surface area contributed by atoms with Crippen molar-refractivity contribution in [1.29, 1.82) is 0 Å². The molecule has 1 aromatic carbocycles. The Morgan fingerprint density at radius 2 is 2.22 bits per heavy atom. The Morgan fingerprint density at radius 3 is 2.94 bits per heavy atom. The fraction of sp³-hybridized carbons (Fsp3) is 0.500. The van der Waals surface area contributed by atoms with E-state index in [1.165, 1.54) is 0 Å². The first-order valence-electron chi connectivity index (χ1n) is 6.06. The molecule has 18 heavy (non-hydrogen) atoms. The fourth-order valence-electron chi connectivity index (χ4n) is 2.10. The first-order chi connectivity index (χ1) is 8.77. The van der Waals surface area contributed by atoms with E-state index in [0.717, 1.165) is 23.5 Å². The third-order valence-electron chi connectivity index (χ3n) is 3.16. The maximum atomic E-state index is 11.8. The van der Waals surface area contributed by atoms with Gasteiger partial charge < -0.3 is 9.47 Å². The highest BCUT2D eigenvalue weighted by Gasteiger charge is 2.46. The Labute approximate surface area is 112 Å². The van der Waals surface area contributed by atoms with Crippen LogP contribution in [0.3, 0.4) is 0 Å². The van der Waals surface area contributed by atoms with Crippen LogP contribution in [0.25, 0.3) is 0 Å². The summed E-state index contributed by atoms with van der Waals surface area (Å²) >= 11 is 1.68. The molecule has 0 N–H and O–H groups in total. The van der Waals surface area contributed by atoms with Crippen molar-refractivity contribution in [3.63, 3.8) is 0 Å². The van der Waals surface area contributed by atoms with Gasteiger partial charge in [-0.1, -0.05) is 18.2 Å². The molecule has 0 amide bonds. The summed E-state index contributed by atoms with van der Waals surface area (Å²) in [5.74, 6) is 1.94. The van der Waals surface area contributed by atoms with E-state index in [9.17, 15) is 4.79 Å². The Bertz CT molecular complexity index is 419. The van der Waals surface area contributed by atoms with Crippen LogP contribution in [0.2, 0.25) is 0 Å². The lowest BCUT2D eigenvalue weighted by Crippen LogP contribution is -2.10.